The highest BCUT2D eigenvalue weighted by atomic mass is 16.5. The molecule has 0 aliphatic carbocycles. The maximum Gasteiger partial charge on any atom is 0.306 e. The minimum atomic E-state index is -0.121. The number of hydrogen-bond donors (Lipinski definition) is 1. The van der Waals surface area contributed by atoms with Crippen LogP contribution < -0.4 is 0 Å². The van der Waals surface area contributed by atoms with Gasteiger partial charge in [0, 0.05) is 6.42 Å². The Morgan fingerprint density at radius 1 is 0.677 bits per heavy atom. The van der Waals surface area contributed by atoms with Crippen LogP contribution in [0.3, 0.4) is 0 Å². The molecule has 0 atom stereocenters. The maximum atomic E-state index is 11.8. The number of phenolic OH excluding ortho intramolecular Hbond substituents is 1. The van der Waals surface area contributed by atoms with E-state index < -0.39 is 0 Å². The van der Waals surface area contributed by atoms with E-state index in [-0.39, 0.29) is 11.7 Å². The van der Waals surface area contributed by atoms with E-state index in [2.05, 4.69) is 6.92 Å². The SMILES string of the molecule is CCCCCCCCCCCCCCCCCCCOC(=O)CCc1ccc(O)cc1. The van der Waals surface area contributed by atoms with Crippen LogP contribution in [0.5, 0.6) is 5.75 Å². The number of aromatic hydroxyl groups is 1. The topological polar surface area (TPSA) is 46.5 Å². The quantitative estimate of drug-likeness (QED) is 0.156. The molecule has 178 valence electrons. The lowest BCUT2D eigenvalue weighted by Gasteiger charge is -2.06. The van der Waals surface area contributed by atoms with Crippen molar-refractivity contribution in [3.05, 3.63) is 29.8 Å². The Kier molecular flexibility index (Phi) is 18.1. The Labute approximate surface area is 192 Å². The van der Waals surface area contributed by atoms with Gasteiger partial charge in [-0.15, -0.1) is 0 Å². The Morgan fingerprint density at radius 2 is 1.10 bits per heavy atom. The summed E-state index contributed by atoms with van der Waals surface area (Å²) in [7, 11) is 0. The van der Waals surface area contributed by atoms with Crippen LogP contribution in [-0.4, -0.2) is 17.7 Å². The van der Waals surface area contributed by atoms with Crippen LogP contribution in [0.2, 0.25) is 0 Å². The molecule has 0 unspecified atom stereocenters. The second-order valence-electron chi connectivity index (χ2n) is 9.04. The molecule has 0 saturated heterocycles. The zero-order valence-electron chi connectivity index (χ0n) is 20.2. The molecule has 0 fully saturated rings. The van der Waals surface area contributed by atoms with Crippen LogP contribution in [0.4, 0.5) is 0 Å². The van der Waals surface area contributed by atoms with Crippen molar-refractivity contribution in [3.63, 3.8) is 0 Å². The van der Waals surface area contributed by atoms with Crippen LogP contribution in [0.1, 0.15) is 128 Å². The molecule has 0 bridgehead atoms. The lowest BCUT2D eigenvalue weighted by atomic mass is 10.0. The molecule has 0 aliphatic rings. The van der Waals surface area contributed by atoms with Crippen molar-refractivity contribution in [2.75, 3.05) is 6.61 Å². The first-order chi connectivity index (χ1) is 15.2. The smallest absolute Gasteiger partial charge is 0.306 e. The molecule has 3 heteroatoms. The molecule has 1 rings (SSSR count). The summed E-state index contributed by atoms with van der Waals surface area (Å²) in [5.74, 6) is 0.134. The number of aryl methyl sites for hydroxylation is 1. The average molecular weight is 433 g/mol. The first-order valence-electron chi connectivity index (χ1n) is 13.2. The summed E-state index contributed by atoms with van der Waals surface area (Å²) < 4.78 is 5.32. The fourth-order valence-corrected chi connectivity index (χ4v) is 3.99. The third-order valence-corrected chi connectivity index (χ3v) is 6.07. The molecular formula is C28H48O3. The molecule has 31 heavy (non-hydrogen) atoms. The predicted molar refractivity (Wildman–Crippen MR) is 132 cm³/mol. The third kappa shape index (κ3) is 17.8. The number of hydrogen-bond acceptors (Lipinski definition) is 3. The number of carbonyl (C=O) groups is 1. The Bertz CT molecular complexity index is 524. The van der Waals surface area contributed by atoms with Gasteiger partial charge >= 0.3 is 5.97 Å². The Hall–Kier alpha value is -1.51. The van der Waals surface area contributed by atoms with E-state index in [4.69, 9.17) is 4.74 Å². The first-order valence-corrected chi connectivity index (χ1v) is 13.2. The van der Waals surface area contributed by atoms with Crippen molar-refractivity contribution in [2.45, 2.75) is 129 Å². The van der Waals surface area contributed by atoms with E-state index in [0.29, 0.717) is 19.4 Å². The van der Waals surface area contributed by atoms with E-state index in [0.717, 1.165) is 18.4 Å². The molecule has 1 aromatic rings. The van der Waals surface area contributed by atoms with Gasteiger partial charge in [0.25, 0.3) is 0 Å². The monoisotopic (exact) mass is 432 g/mol. The number of rotatable bonds is 21. The summed E-state index contributed by atoms with van der Waals surface area (Å²) in [4.78, 5) is 11.8. The summed E-state index contributed by atoms with van der Waals surface area (Å²) in [5.41, 5.74) is 1.05. The highest BCUT2D eigenvalue weighted by Crippen LogP contribution is 2.14. The standard InChI is InChI=1S/C28H48O3/c1-2-3-4-5-6-7-8-9-10-11-12-13-14-15-16-17-18-25-31-28(30)24-21-26-19-22-27(29)23-20-26/h19-20,22-23,29H,2-18,21,24-25H2,1H3. The molecule has 0 saturated carbocycles. The molecule has 1 N–H and O–H groups in total. The van der Waals surface area contributed by atoms with Gasteiger partial charge in [0.1, 0.15) is 5.75 Å². The lowest BCUT2D eigenvalue weighted by Crippen LogP contribution is -2.07. The van der Waals surface area contributed by atoms with Gasteiger partial charge in [-0.1, -0.05) is 122 Å². The molecule has 3 nitrogen and oxygen atoms in total. The van der Waals surface area contributed by atoms with Crippen molar-refractivity contribution in [1.82, 2.24) is 0 Å². The van der Waals surface area contributed by atoms with Gasteiger partial charge in [-0.2, -0.15) is 0 Å². The summed E-state index contributed by atoms with van der Waals surface area (Å²) in [5, 5.41) is 9.26. The number of ether oxygens (including phenoxy) is 1. The molecule has 0 aromatic heterocycles. The number of unbranched alkanes of at least 4 members (excludes halogenated alkanes) is 16. The first kappa shape index (κ1) is 27.5. The molecule has 1 aromatic carbocycles. The second kappa shape index (κ2) is 20.4. The molecular weight excluding hydrogens is 384 g/mol. The van der Waals surface area contributed by atoms with Crippen molar-refractivity contribution in [2.24, 2.45) is 0 Å². The number of esters is 1. The van der Waals surface area contributed by atoms with Gasteiger partial charge < -0.3 is 9.84 Å². The normalized spacial score (nSPS) is 11.0. The van der Waals surface area contributed by atoms with Gasteiger partial charge in [0.15, 0.2) is 0 Å². The average Bonchev–Trinajstić information content (AvgIpc) is 2.78. The predicted octanol–water partition coefficient (Wildman–Crippen LogP) is 8.52. The summed E-state index contributed by atoms with van der Waals surface area (Å²) in [6.45, 7) is 2.83. The second-order valence-corrected chi connectivity index (χ2v) is 9.04. The van der Waals surface area contributed by atoms with Crippen LogP contribution in [0, 0.1) is 0 Å². The summed E-state index contributed by atoms with van der Waals surface area (Å²) in [6.07, 6.45) is 24.1. The van der Waals surface area contributed by atoms with Gasteiger partial charge in [0.05, 0.1) is 6.61 Å². The van der Waals surface area contributed by atoms with Crippen molar-refractivity contribution < 1.29 is 14.6 Å². The highest BCUT2D eigenvalue weighted by Gasteiger charge is 2.04. The minimum Gasteiger partial charge on any atom is -0.508 e. The summed E-state index contributed by atoms with van der Waals surface area (Å²) >= 11 is 0. The van der Waals surface area contributed by atoms with Gasteiger partial charge in [0.2, 0.25) is 0 Å². The van der Waals surface area contributed by atoms with E-state index in [1.54, 1.807) is 12.1 Å². The molecule has 0 aliphatic heterocycles. The lowest BCUT2D eigenvalue weighted by molar-refractivity contribution is -0.143. The van der Waals surface area contributed by atoms with E-state index in [9.17, 15) is 9.90 Å². The third-order valence-electron chi connectivity index (χ3n) is 6.07. The molecule has 0 spiro atoms. The Balaban J connectivity index is 1.75. The van der Waals surface area contributed by atoms with Crippen LogP contribution in [0.25, 0.3) is 0 Å². The highest BCUT2D eigenvalue weighted by molar-refractivity contribution is 5.69. The van der Waals surface area contributed by atoms with Gasteiger partial charge in [-0.3, -0.25) is 4.79 Å². The zero-order valence-corrected chi connectivity index (χ0v) is 20.2. The molecule has 0 radical (unpaired) electrons. The van der Waals surface area contributed by atoms with E-state index >= 15 is 0 Å². The van der Waals surface area contributed by atoms with E-state index in [1.807, 2.05) is 12.1 Å². The van der Waals surface area contributed by atoms with Crippen molar-refractivity contribution in [3.8, 4) is 5.75 Å². The number of phenols is 1. The van der Waals surface area contributed by atoms with E-state index in [1.165, 1.54) is 96.3 Å². The van der Waals surface area contributed by atoms with Crippen molar-refractivity contribution in [1.29, 1.82) is 0 Å². The van der Waals surface area contributed by atoms with Gasteiger partial charge in [-0.25, -0.2) is 0 Å². The Morgan fingerprint density at radius 3 is 1.55 bits per heavy atom. The fraction of sp³-hybridized carbons (Fsp3) is 0.750. The maximum absolute atomic E-state index is 11.8. The zero-order chi connectivity index (χ0) is 22.4. The minimum absolute atomic E-state index is 0.121. The fourth-order valence-electron chi connectivity index (χ4n) is 3.99. The van der Waals surface area contributed by atoms with Gasteiger partial charge in [-0.05, 0) is 30.5 Å². The van der Waals surface area contributed by atoms with Crippen LogP contribution >= 0.6 is 0 Å². The largest absolute Gasteiger partial charge is 0.508 e. The number of benzene rings is 1. The summed E-state index contributed by atoms with van der Waals surface area (Å²) in [6, 6.07) is 6.99. The molecule has 0 amide bonds. The van der Waals surface area contributed by atoms with Crippen molar-refractivity contribution >= 4 is 5.97 Å². The molecule has 0 heterocycles. The van der Waals surface area contributed by atoms with Crippen LogP contribution in [-0.2, 0) is 16.0 Å². The number of carbonyl (C=O) groups excluding carboxylic acids is 1. The van der Waals surface area contributed by atoms with Crippen LogP contribution in [0.15, 0.2) is 24.3 Å².